The van der Waals surface area contributed by atoms with E-state index in [1.807, 2.05) is 6.92 Å². The van der Waals surface area contributed by atoms with Crippen molar-refractivity contribution in [3.63, 3.8) is 0 Å². The summed E-state index contributed by atoms with van der Waals surface area (Å²) >= 11 is 0. The normalized spacial score (nSPS) is 19.1. The SMILES string of the molecule is CCC(CC)NC(=O)C(C)NCC(C)C1CC1. The first-order valence-corrected chi connectivity index (χ1v) is 7.12. The third-order valence-electron chi connectivity index (χ3n) is 3.90. The standard InChI is InChI=1S/C14H28N2O/c1-5-13(6-2)16-14(17)11(4)15-9-10(3)12-7-8-12/h10-13,15H,5-9H2,1-4H3,(H,16,17). The van der Waals surface area contributed by atoms with Crippen molar-refractivity contribution in [2.24, 2.45) is 11.8 Å². The van der Waals surface area contributed by atoms with Crippen LogP contribution in [0.3, 0.4) is 0 Å². The van der Waals surface area contributed by atoms with Crippen LogP contribution in [0.15, 0.2) is 0 Å². The van der Waals surface area contributed by atoms with Gasteiger partial charge in [0.05, 0.1) is 6.04 Å². The fourth-order valence-electron chi connectivity index (χ4n) is 2.11. The molecule has 0 aromatic rings. The molecule has 1 fully saturated rings. The molecule has 0 bridgehead atoms. The number of hydrogen-bond donors (Lipinski definition) is 2. The average molecular weight is 240 g/mol. The van der Waals surface area contributed by atoms with E-state index < -0.39 is 0 Å². The van der Waals surface area contributed by atoms with Gasteiger partial charge in [0.15, 0.2) is 0 Å². The minimum atomic E-state index is -0.0724. The third-order valence-corrected chi connectivity index (χ3v) is 3.90. The van der Waals surface area contributed by atoms with Gasteiger partial charge < -0.3 is 10.6 Å². The maximum Gasteiger partial charge on any atom is 0.237 e. The Morgan fingerprint density at radius 2 is 1.82 bits per heavy atom. The molecule has 2 atom stereocenters. The zero-order valence-electron chi connectivity index (χ0n) is 11.8. The highest BCUT2D eigenvalue weighted by Gasteiger charge is 2.28. The van der Waals surface area contributed by atoms with Gasteiger partial charge in [-0.05, 0) is 51.0 Å². The van der Waals surface area contributed by atoms with E-state index in [0.717, 1.165) is 25.3 Å². The second-order valence-corrected chi connectivity index (χ2v) is 5.47. The molecule has 2 N–H and O–H groups in total. The first-order valence-electron chi connectivity index (χ1n) is 7.12. The molecular formula is C14H28N2O. The largest absolute Gasteiger partial charge is 0.352 e. The van der Waals surface area contributed by atoms with E-state index in [0.29, 0.717) is 12.0 Å². The summed E-state index contributed by atoms with van der Waals surface area (Å²) in [5, 5.41) is 6.43. The Bertz CT molecular complexity index is 234. The maximum atomic E-state index is 11.9. The van der Waals surface area contributed by atoms with Gasteiger partial charge in [-0.15, -0.1) is 0 Å². The van der Waals surface area contributed by atoms with E-state index >= 15 is 0 Å². The molecule has 2 unspecified atom stereocenters. The highest BCUT2D eigenvalue weighted by Crippen LogP contribution is 2.36. The fourth-order valence-corrected chi connectivity index (χ4v) is 2.11. The minimum absolute atomic E-state index is 0.0724. The van der Waals surface area contributed by atoms with E-state index in [9.17, 15) is 4.79 Å². The molecule has 1 saturated carbocycles. The van der Waals surface area contributed by atoms with Gasteiger partial charge in [0.25, 0.3) is 0 Å². The van der Waals surface area contributed by atoms with Crippen molar-refractivity contribution < 1.29 is 4.79 Å². The van der Waals surface area contributed by atoms with Crippen LogP contribution in [0.5, 0.6) is 0 Å². The number of carbonyl (C=O) groups excluding carboxylic acids is 1. The van der Waals surface area contributed by atoms with E-state index in [4.69, 9.17) is 0 Å². The van der Waals surface area contributed by atoms with Gasteiger partial charge in [-0.1, -0.05) is 20.8 Å². The first-order chi connectivity index (χ1) is 8.08. The van der Waals surface area contributed by atoms with Crippen molar-refractivity contribution in [2.75, 3.05) is 6.54 Å². The number of amides is 1. The van der Waals surface area contributed by atoms with Crippen molar-refractivity contribution in [2.45, 2.75) is 65.5 Å². The monoisotopic (exact) mass is 240 g/mol. The lowest BCUT2D eigenvalue weighted by Crippen LogP contribution is -2.47. The second kappa shape index (κ2) is 7.00. The quantitative estimate of drug-likeness (QED) is 0.683. The van der Waals surface area contributed by atoms with Crippen molar-refractivity contribution in [3.05, 3.63) is 0 Å². The highest BCUT2D eigenvalue weighted by molar-refractivity contribution is 5.81. The Balaban J connectivity index is 2.20. The van der Waals surface area contributed by atoms with E-state index in [-0.39, 0.29) is 11.9 Å². The van der Waals surface area contributed by atoms with Crippen LogP contribution in [-0.4, -0.2) is 24.5 Å². The molecule has 1 aliphatic carbocycles. The van der Waals surface area contributed by atoms with Gasteiger partial charge in [-0.25, -0.2) is 0 Å². The summed E-state index contributed by atoms with van der Waals surface area (Å²) in [6.07, 6.45) is 4.76. The Kier molecular flexibility index (Phi) is 5.96. The molecule has 0 radical (unpaired) electrons. The van der Waals surface area contributed by atoms with E-state index in [2.05, 4.69) is 31.4 Å². The van der Waals surface area contributed by atoms with Crippen LogP contribution in [0.2, 0.25) is 0 Å². The van der Waals surface area contributed by atoms with Crippen molar-refractivity contribution in [1.29, 1.82) is 0 Å². The molecule has 1 amide bonds. The van der Waals surface area contributed by atoms with Crippen LogP contribution in [0.1, 0.15) is 53.4 Å². The summed E-state index contributed by atoms with van der Waals surface area (Å²) in [6, 6.07) is 0.254. The lowest BCUT2D eigenvalue weighted by molar-refractivity contribution is -0.123. The van der Waals surface area contributed by atoms with Gasteiger partial charge in [-0.2, -0.15) is 0 Å². The Labute approximate surface area is 106 Å². The number of hydrogen-bond acceptors (Lipinski definition) is 2. The minimum Gasteiger partial charge on any atom is -0.352 e. The summed E-state index contributed by atoms with van der Waals surface area (Å²) < 4.78 is 0. The molecular weight excluding hydrogens is 212 g/mol. The first kappa shape index (κ1) is 14.5. The van der Waals surface area contributed by atoms with Gasteiger partial charge in [0, 0.05) is 6.04 Å². The summed E-state index contributed by atoms with van der Waals surface area (Å²) in [7, 11) is 0. The molecule has 3 nitrogen and oxygen atoms in total. The number of carbonyl (C=O) groups is 1. The second-order valence-electron chi connectivity index (χ2n) is 5.47. The fraction of sp³-hybridized carbons (Fsp3) is 0.929. The van der Waals surface area contributed by atoms with Crippen LogP contribution >= 0.6 is 0 Å². The lowest BCUT2D eigenvalue weighted by atomic mass is 10.1. The molecule has 100 valence electrons. The molecule has 3 heteroatoms. The van der Waals surface area contributed by atoms with E-state index in [1.54, 1.807) is 0 Å². The van der Waals surface area contributed by atoms with Crippen LogP contribution in [-0.2, 0) is 4.79 Å². The predicted molar refractivity (Wildman–Crippen MR) is 71.9 cm³/mol. The van der Waals surface area contributed by atoms with Gasteiger partial charge >= 0.3 is 0 Å². The van der Waals surface area contributed by atoms with Crippen molar-refractivity contribution in [1.82, 2.24) is 10.6 Å². The molecule has 0 spiro atoms. The van der Waals surface area contributed by atoms with Crippen LogP contribution in [0.25, 0.3) is 0 Å². The van der Waals surface area contributed by atoms with Crippen molar-refractivity contribution >= 4 is 5.91 Å². The van der Waals surface area contributed by atoms with Crippen LogP contribution in [0.4, 0.5) is 0 Å². The summed E-state index contributed by atoms with van der Waals surface area (Å²) in [5.41, 5.74) is 0. The maximum absolute atomic E-state index is 11.9. The highest BCUT2D eigenvalue weighted by atomic mass is 16.2. The van der Waals surface area contributed by atoms with Gasteiger partial charge in [-0.3, -0.25) is 4.79 Å². The number of rotatable bonds is 8. The topological polar surface area (TPSA) is 41.1 Å². The molecule has 0 heterocycles. The summed E-state index contributed by atoms with van der Waals surface area (Å²) in [4.78, 5) is 11.9. The Morgan fingerprint density at radius 1 is 1.24 bits per heavy atom. The summed E-state index contributed by atoms with van der Waals surface area (Å²) in [6.45, 7) is 9.42. The van der Waals surface area contributed by atoms with Gasteiger partial charge in [0.1, 0.15) is 0 Å². The van der Waals surface area contributed by atoms with E-state index in [1.165, 1.54) is 12.8 Å². The third kappa shape index (κ3) is 5.07. The molecule has 0 aromatic carbocycles. The molecule has 0 aliphatic heterocycles. The van der Waals surface area contributed by atoms with Crippen LogP contribution < -0.4 is 10.6 Å². The molecule has 0 saturated heterocycles. The Morgan fingerprint density at radius 3 is 2.29 bits per heavy atom. The molecule has 1 aliphatic rings. The zero-order valence-corrected chi connectivity index (χ0v) is 11.8. The van der Waals surface area contributed by atoms with Crippen molar-refractivity contribution in [3.8, 4) is 0 Å². The predicted octanol–water partition coefficient (Wildman–Crippen LogP) is 2.32. The molecule has 17 heavy (non-hydrogen) atoms. The van der Waals surface area contributed by atoms with Crippen LogP contribution in [0, 0.1) is 11.8 Å². The Hall–Kier alpha value is -0.570. The summed E-state index contributed by atoms with van der Waals surface area (Å²) in [5.74, 6) is 1.75. The zero-order chi connectivity index (χ0) is 12.8. The number of nitrogens with one attached hydrogen (secondary N) is 2. The molecule has 1 rings (SSSR count). The van der Waals surface area contributed by atoms with Gasteiger partial charge in [0.2, 0.25) is 5.91 Å². The average Bonchev–Trinajstić information content (AvgIpc) is 3.16. The lowest BCUT2D eigenvalue weighted by Gasteiger charge is -2.20. The smallest absolute Gasteiger partial charge is 0.237 e. The molecule has 0 aromatic heterocycles.